The smallest absolute Gasteiger partial charge is 0.140 e. The van der Waals surface area contributed by atoms with Crippen LogP contribution in [-0.4, -0.2) is 12.1 Å². The minimum atomic E-state index is 0.412. The van der Waals surface area contributed by atoms with Crippen molar-refractivity contribution in [2.45, 2.75) is 26.3 Å². The third kappa shape index (κ3) is 3.39. The van der Waals surface area contributed by atoms with E-state index < -0.39 is 0 Å². The van der Waals surface area contributed by atoms with Gasteiger partial charge in [-0.1, -0.05) is 6.07 Å². The molecule has 1 aromatic carbocycles. The van der Waals surface area contributed by atoms with E-state index in [4.69, 9.17) is 21.1 Å². The molecule has 0 saturated heterocycles. The lowest BCUT2D eigenvalue weighted by Gasteiger charge is -2.10. The Bertz CT molecular complexity index is 549. The molecule has 0 bridgehead atoms. The van der Waals surface area contributed by atoms with Gasteiger partial charge in [-0.25, -0.2) is 4.98 Å². The van der Waals surface area contributed by atoms with Crippen molar-refractivity contribution in [3.8, 4) is 11.5 Å². The van der Waals surface area contributed by atoms with Crippen molar-refractivity contribution in [2.75, 3.05) is 7.11 Å². The van der Waals surface area contributed by atoms with Gasteiger partial charge in [0.25, 0.3) is 0 Å². The lowest BCUT2D eigenvalue weighted by atomic mass is 10.2. The molecule has 5 heteroatoms. The molecule has 2 rings (SSSR count). The fourth-order valence-electron chi connectivity index (χ4n) is 1.65. The molecule has 0 aliphatic carbocycles. The third-order valence-corrected chi connectivity index (χ3v) is 4.18. The highest BCUT2D eigenvalue weighted by molar-refractivity contribution is 7.11. The summed E-state index contributed by atoms with van der Waals surface area (Å²) >= 11 is 7.56. The fourth-order valence-corrected chi connectivity index (χ4v) is 2.72. The summed E-state index contributed by atoms with van der Waals surface area (Å²) in [6.07, 6.45) is 0. The molecule has 0 unspecified atom stereocenters. The van der Waals surface area contributed by atoms with Crippen LogP contribution in [0.5, 0.6) is 11.5 Å². The highest BCUT2D eigenvalue weighted by atomic mass is 35.5. The summed E-state index contributed by atoms with van der Waals surface area (Å²) < 4.78 is 11.0. The van der Waals surface area contributed by atoms with Gasteiger partial charge in [-0.15, -0.1) is 22.9 Å². The van der Waals surface area contributed by atoms with Crippen LogP contribution in [0.1, 0.15) is 21.1 Å². The molecule has 0 aliphatic rings. The Kier molecular flexibility index (Phi) is 4.66. The number of aryl methyl sites for hydroxylation is 2. The molecular formula is C14H16ClNO2S. The Morgan fingerprint density at radius 2 is 2.11 bits per heavy atom. The van der Waals surface area contributed by atoms with Gasteiger partial charge in [0.15, 0.2) is 0 Å². The third-order valence-electron chi connectivity index (χ3n) is 2.84. The summed E-state index contributed by atoms with van der Waals surface area (Å²) in [7, 11) is 1.63. The van der Waals surface area contributed by atoms with E-state index in [1.54, 1.807) is 18.4 Å². The monoisotopic (exact) mass is 297 g/mol. The summed E-state index contributed by atoms with van der Waals surface area (Å²) in [6.45, 7) is 4.52. The second-order valence-electron chi connectivity index (χ2n) is 4.15. The van der Waals surface area contributed by atoms with Crippen LogP contribution < -0.4 is 9.47 Å². The van der Waals surface area contributed by atoms with E-state index in [2.05, 4.69) is 11.9 Å². The van der Waals surface area contributed by atoms with Gasteiger partial charge in [0.05, 0.1) is 18.7 Å². The van der Waals surface area contributed by atoms with Gasteiger partial charge in [0, 0.05) is 16.5 Å². The van der Waals surface area contributed by atoms with Crippen LogP contribution in [0, 0.1) is 13.8 Å². The molecule has 0 fully saturated rings. The predicted molar refractivity (Wildman–Crippen MR) is 78.5 cm³/mol. The summed E-state index contributed by atoms with van der Waals surface area (Å²) in [4.78, 5) is 5.68. The number of hydrogen-bond donors (Lipinski definition) is 0. The van der Waals surface area contributed by atoms with Gasteiger partial charge in [-0.05, 0) is 19.9 Å². The molecule has 0 atom stereocenters. The van der Waals surface area contributed by atoms with Crippen LogP contribution in [0.15, 0.2) is 18.2 Å². The van der Waals surface area contributed by atoms with Crippen LogP contribution >= 0.6 is 22.9 Å². The lowest BCUT2D eigenvalue weighted by molar-refractivity contribution is 0.300. The number of halogens is 1. The molecule has 0 radical (unpaired) electrons. The van der Waals surface area contributed by atoms with Gasteiger partial charge in [0.2, 0.25) is 0 Å². The van der Waals surface area contributed by atoms with Crippen LogP contribution in [0.4, 0.5) is 0 Å². The number of methoxy groups -OCH3 is 1. The molecule has 2 aromatic rings. The van der Waals surface area contributed by atoms with E-state index in [1.165, 1.54) is 4.88 Å². The van der Waals surface area contributed by atoms with Crippen LogP contribution in [0.25, 0.3) is 0 Å². The summed E-state index contributed by atoms with van der Waals surface area (Å²) in [6, 6.07) is 5.65. The quantitative estimate of drug-likeness (QED) is 0.779. The van der Waals surface area contributed by atoms with Crippen LogP contribution in [0.3, 0.4) is 0 Å². The van der Waals surface area contributed by atoms with Gasteiger partial charge >= 0.3 is 0 Å². The average Bonchev–Trinajstić information content (AvgIpc) is 2.75. The van der Waals surface area contributed by atoms with Gasteiger partial charge < -0.3 is 9.47 Å². The SMILES string of the molecule is COc1ccc(CCl)c(OCc2nc(C)c(C)s2)c1. The summed E-state index contributed by atoms with van der Waals surface area (Å²) in [5.74, 6) is 1.92. The largest absolute Gasteiger partial charge is 0.497 e. The van der Waals surface area contributed by atoms with E-state index in [0.29, 0.717) is 12.5 Å². The molecule has 0 aliphatic heterocycles. The molecule has 0 N–H and O–H groups in total. The molecule has 0 amide bonds. The van der Waals surface area contributed by atoms with Crippen molar-refractivity contribution >= 4 is 22.9 Å². The molecule has 0 saturated carbocycles. The molecule has 0 spiro atoms. The van der Waals surface area contributed by atoms with Crippen LogP contribution in [0.2, 0.25) is 0 Å². The van der Waals surface area contributed by atoms with Crippen molar-refractivity contribution in [3.63, 3.8) is 0 Å². The number of alkyl halides is 1. The second kappa shape index (κ2) is 6.26. The number of rotatable bonds is 5. The van der Waals surface area contributed by atoms with Crippen LogP contribution in [-0.2, 0) is 12.5 Å². The van der Waals surface area contributed by atoms with E-state index in [-0.39, 0.29) is 0 Å². The first kappa shape index (κ1) is 14.2. The van der Waals surface area contributed by atoms with Gasteiger partial charge in [-0.2, -0.15) is 0 Å². The maximum absolute atomic E-state index is 5.90. The number of benzene rings is 1. The van der Waals surface area contributed by atoms with Gasteiger partial charge in [-0.3, -0.25) is 0 Å². The molecule has 102 valence electrons. The van der Waals surface area contributed by atoms with E-state index >= 15 is 0 Å². The van der Waals surface area contributed by atoms with Crippen molar-refractivity contribution in [1.29, 1.82) is 0 Å². The van der Waals surface area contributed by atoms with Gasteiger partial charge in [0.1, 0.15) is 23.1 Å². The van der Waals surface area contributed by atoms with E-state index in [9.17, 15) is 0 Å². The minimum absolute atomic E-state index is 0.412. The zero-order valence-electron chi connectivity index (χ0n) is 11.2. The maximum atomic E-state index is 5.90. The zero-order valence-corrected chi connectivity index (χ0v) is 12.8. The number of hydrogen-bond acceptors (Lipinski definition) is 4. The number of thiazole rings is 1. The Balaban J connectivity index is 2.13. The number of nitrogens with zero attached hydrogens (tertiary/aromatic N) is 1. The molecule has 1 heterocycles. The van der Waals surface area contributed by atoms with E-state index in [1.807, 2.05) is 25.1 Å². The minimum Gasteiger partial charge on any atom is -0.497 e. The molecule has 3 nitrogen and oxygen atoms in total. The Hall–Kier alpha value is -1.26. The fraction of sp³-hybridized carbons (Fsp3) is 0.357. The first-order valence-electron chi connectivity index (χ1n) is 5.92. The second-order valence-corrected chi connectivity index (χ2v) is 5.70. The normalized spacial score (nSPS) is 10.5. The van der Waals surface area contributed by atoms with E-state index in [0.717, 1.165) is 27.8 Å². The standard InChI is InChI=1S/C14H16ClNO2S/c1-9-10(2)19-14(16-9)8-18-13-6-12(17-3)5-4-11(13)7-15/h4-6H,7-8H2,1-3H3. The highest BCUT2D eigenvalue weighted by Gasteiger charge is 2.08. The van der Waals surface area contributed by atoms with Crippen molar-refractivity contribution in [3.05, 3.63) is 39.3 Å². The number of ether oxygens (including phenoxy) is 2. The highest BCUT2D eigenvalue weighted by Crippen LogP contribution is 2.27. The summed E-state index contributed by atoms with van der Waals surface area (Å²) in [5, 5.41) is 0.971. The topological polar surface area (TPSA) is 31.4 Å². The molecule has 19 heavy (non-hydrogen) atoms. The Labute approximate surface area is 122 Å². The first-order valence-corrected chi connectivity index (χ1v) is 7.27. The lowest BCUT2D eigenvalue weighted by Crippen LogP contribution is -1.98. The molecular weight excluding hydrogens is 282 g/mol. The maximum Gasteiger partial charge on any atom is 0.140 e. The first-order chi connectivity index (χ1) is 9.13. The zero-order chi connectivity index (χ0) is 13.8. The summed E-state index contributed by atoms with van der Waals surface area (Å²) in [5.41, 5.74) is 2.01. The Morgan fingerprint density at radius 1 is 1.32 bits per heavy atom. The van der Waals surface area contributed by atoms with Crippen molar-refractivity contribution < 1.29 is 9.47 Å². The predicted octanol–water partition coefficient (Wildman–Crippen LogP) is 4.09. The average molecular weight is 298 g/mol. The Morgan fingerprint density at radius 3 is 2.68 bits per heavy atom. The molecule has 1 aromatic heterocycles. The number of aromatic nitrogens is 1. The van der Waals surface area contributed by atoms with Crippen molar-refractivity contribution in [1.82, 2.24) is 4.98 Å². The van der Waals surface area contributed by atoms with Crippen molar-refractivity contribution in [2.24, 2.45) is 0 Å².